The summed E-state index contributed by atoms with van der Waals surface area (Å²) in [6.07, 6.45) is 2.38. The molecule has 3 heterocycles. The second kappa shape index (κ2) is 8.17. The summed E-state index contributed by atoms with van der Waals surface area (Å²) in [6, 6.07) is 8.04. The van der Waals surface area contributed by atoms with Crippen molar-refractivity contribution in [2.45, 2.75) is 37.8 Å². The third kappa shape index (κ3) is 4.07. The van der Waals surface area contributed by atoms with Crippen LogP contribution in [0, 0.1) is 11.3 Å². The second-order valence-electron chi connectivity index (χ2n) is 7.34. The number of nitrogen functional groups attached to an aromatic ring is 1. The van der Waals surface area contributed by atoms with Gasteiger partial charge in [-0.2, -0.15) is 5.26 Å². The SMILES string of the molecule is N#Cc1cc(OC2CCN(C(=O)O)CC2)ccc1N1CCCC1c1csc(N)n1. The van der Waals surface area contributed by atoms with Crippen LogP contribution < -0.4 is 15.4 Å². The minimum absolute atomic E-state index is 0.0412. The van der Waals surface area contributed by atoms with E-state index in [1.54, 1.807) is 6.07 Å². The molecule has 2 aliphatic heterocycles. The predicted octanol–water partition coefficient (Wildman–Crippen LogP) is 3.46. The third-order valence-electron chi connectivity index (χ3n) is 5.55. The summed E-state index contributed by atoms with van der Waals surface area (Å²) in [4.78, 5) is 19.1. The molecule has 0 saturated carbocycles. The van der Waals surface area contributed by atoms with Crippen LogP contribution in [-0.2, 0) is 0 Å². The first-order valence-corrected chi connectivity index (χ1v) is 10.6. The van der Waals surface area contributed by atoms with Gasteiger partial charge in [-0.15, -0.1) is 11.3 Å². The molecule has 4 rings (SSSR count). The van der Waals surface area contributed by atoms with Crippen LogP contribution >= 0.6 is 11.3 Å². The van der Waals surface area contributed by atoms with E-state index in [0.29, 0.717) is 42.4 Å². The molecule has 0 bridgehead atoms. The number of nitrogens with zero attached hydrogens (tertiary/aromatic N) is 4. The summed E-state index contributed by atoms with van der Waals surface area (Å²) in [5.41, 5.74) is 8.22. The Morgan fingerprint density at radius 1 is 1.31 bits per heavy atom. The molecule has 1 unspecified atom stereocenters. The summed E-state index contributed by atoms with van der Waals surface area (Å²) in [5, 5.41) is 21.3. The zero-order chi connectivity index (χ0) is 20.4. The van der Waals surface area contributed by atoms with Crippen LogP contribution in [0.4, 0.5) is 15.6 Å². The standard InChI is InChI=1S/C20H23N5O3S/c21-11-13-10-15(28-14-5-8-24(9-6-14)20(26)27)3-4-17(13)25-7-1-2-18(25)16-12-29-19(22)23-16/h3-4,10,12,14,18H,1-2,5-9H2,(H2,22,23)(H,26,27). The Bertz CT molecular complexity index is 932. The maximum atomic E-state index is 11.0. The molecule has 2 saturated heterocycles. The second-order valence-corrected chi connectivity index (χ2v) is 8.23. The number of nitrogens with two attached hydrogens (primary N) is 1. The van der Waals surface area contributed by atoms with Gasteiger partial charge in [-0.1, -0.05) is 0 Å². The van der Waals surface area contributed by atoms with Gasteiger partial charge in [-0.3, -0.25) is 0 Å². The number of carboxylic acid groups (broad SMARTS) is 1. The van der Waals surface area contributed by atoms with Crippen LogP contribution in [0.5, 0.6) is 5.75 Å². The molecule has 2 aliphatic rings. The van der Waals surface area contributed by atoms with E-state index in [1.165, 1.54) is 16.2 Å². The lowest BCUT2D eigenvalue weighted by Crippen LogP contribution is -2.41. The van der Waals surface area contributed by atoms with Crippen LogP contribution in [0.25, 0.3) is 0 Å². The van der Waals surface area contributed by atoms with Gasteiger partial charge in [0, 0.05) is 43.9 Å². The summed E-state index contributed by atoms with van der Waals surface area (Å²) in [7, 11) is 0. The number of thiazole rings is 1. The third-order valence-corrected chi connectivity index (χ3v) is 6.24. The largest absolute Gasteiger partial charge is 0.490 e. The Morgan fingerprint density at radius 2 is 2.10 bits per heavy atom. The first kappa shape index (κ1) is 19.3. The van der Waals surface area contributed by atoms with Gasteiger partial charge in [0.1, 0.15) is 17.9 Å². The van der Waals surface area contributed by atoms with E-state index in [4.69, 9.17) is 15.6 Å². The number of hydrogen-bond donors (Lipinski definition) is 2. The Hall–Kier alpha value is -2.99. The van der Waals surface area contributed by atoms with Crippen LogP contribution in [0.1, 0.15) is 43.0 Å². The molecule has 152 valence electrons. The summed E-state index contributed by atoms with van der Waals surface area (Å²) in [6.45, 7) is 1.80. The number of anilines is 2. The van der Waals surface area contributed by atoms with Gasteiger partial charge >= 0.3 is 6.09 Å². The van der Waals surface area contributed by atoms with Crippen molar-refractivity contribution in [3.05, 3.63) is 34.8 Å². The van der Waals surface area contributed by atoms with Crippen molar-refractivity contribution >= 4 is 28.2 Å². The smallest absolute Gasteiger partial charge is 0.407 e. The van der Waals surface area contributed by atoms with E-state index in [2.05, 4.69) is 16.0 Å². The van der Waals surface area contributed by atoms with E-state index >= 15 is 0 Å². The molecule has 29 heavy (non-hydrogen) atoms. The molecule has 1 atom stereocenters. The van der Waals surface area contributed by atoms with E-state index in [-0.39, 0.29) is 12.1 Å². The topological polar surface area (TPSA) is 116 Å². The molecular formula is C20H23N5O3S. The Balaban J connectivity index is 1.49. The van der Waals surface area contributed by atoms with Crippen molar-refractivity contribution in [1.29, 1.82) is 5.26 Å². The first-order valence-electron chi connectivity index (χ1n) is 9.71. The summed E-state index contributed by atoms with van der Waals surface area (Å²) in [5.74, 6) is 0.646. The number of likely N-dealkylation sites (tertiary alicyclic amines) is 1. The quantitative estimate of drug-likeness (QED) is 0.788. The van der Waals surface area contributed by atoms with E-state index in [1.807, 2.05) is 17.5 Å². The number of carbonyl (C=O) groups is 1. The molecule has 2 fully saturated rings. The van der Waals surface area contributed by atoms with Gasteiger partial charge in [-0.25, -0.2) is 9.78 Å². The molecule has 3 N–H and O–H groups in total. The predicted molar refractivity (Wildman–Crippen MR) is 110 cm³/mol. The molecule has 1 amide bonds. The van der Waals surface area contributed by atoms with Gasteiger partial charge in [-0.05, 0) is 25.0 Å². The van der Waals surface area contributed by atoms with E-state index < -0.39 is 6.09 Å². The summed E-state index contributed by atoms with van der Waals surface area (Å²) >= 11 is 1.44. The Labute approximate surface area is 173 Å². The molecule has 1 aromatic carbocycles. The maximum Gasteiger partial charge on any atom is 0.407 e. The molecule has 2 aromatic rings. The number of benzene rings is 1. The minimum atomic E-state index is -0.887. The number of hydrogen-bond acceptors (Lipinski definition) is 7. The molecule has 0 radical (unpaired) electrons. The van der Waals surface area contributed by atoms with Crippen LogP contribution in [0.3, 0.4) is 0 Å². The molecular weight excluding hydrogens is 390 g/mol. The van der Waals surface area contributed by atoms with Gasteiger partial charge in [0.05, 0.1) is 23.0 Å². The Morgan fingerprint density at radius 3 is 2.76 bits per heavy atom. The van der Waals surface area contributed by atoms with E-state index in [9.17, 15) is 10.1 Å². The monoisotopic (exact) mass is 413 g/mol. The van der Waals surface area contributed by atoms with E-state index in [0.717, 1.165) is 30.8 Å². The average molecular weight is 414 g/mol. The fourth-order valence-corrected chi connectivity index (χ4v) is 4.71. The maximum absolute atomic E-state index is 11.0. The fraction of sp³-hybridized carbons (Fsp3) is 0.450. The van der Waals surface area contributed by atoms with Gasteiger partial charge in [0.2, 0.25) is 0 Å². The average Bonchev–Trinajstić information content (AvgIpc) is 3.37. The molecule has 0 spiro atoms. The van der Waals surface area contributed by atoms with Crippen LogP contribution in [0.15, 0.2) is 23.6 Å². The number of rotatable bonds is 4. The highest BCUT2D eigenvalue weighted by Crippen LogP contribution is 2.39. The Kier molecular flexibility index (Phi) is 5.45. The van der Waals surface area contributed by atoms with Crippen molar-refractivity contribution in [3.63, 3.8) is 0 Å². The highest BCUT2D eigenvalue weighted by atomic mass is 32.1. The van der Waals surface area contributed by atoms with Gasteiger partial charge in [0.15, 0.2) is 5.13 Å². The zero-order valence-electron chi connectivity index (χ0n) is 16.0. The number of amides is 1. The lowest BCUT2D eigenvalue weighted by Gasteiger charge is -2.30. The van der Waals surface area contributed by atoms with Crippen molar-refractivity contribution in [2.75, 3.05) is 30.3 Å². The highest BCUT2D eigenvalue weighted by molar-refractivity contribution is 7.13. The number of nitriles is 1. The first-order chi connectivity index (χ1) is 14.0. The lowest BCUT2D eigenvalue weighted by molar-refractivity contribution is 0.0895. The normalized spacial score (nSPS) is 19.9. The number of ether oxygens (including phenoxy) is 1. The van der Waals surface area contributed by atoms with Crippen molar-refractivity contribution in [1.82, 2.24) is 9.88 Å². The van der Waals surface area contributed by atoms with Crippen molar-refractivity contribution in [2.24, 2.45) is 0 Å². The summed E-state index contributed by atoms with van der Waals surface area (Å²) < 4.78 is 6.04. The van der Waals surface area contributed by atoms with Gasteiger partial charge < -0.3 is 25.4 Å². The van der Waals surface area contributed by atoms with Gasteiger partial charge in [0.25, 0.3) is 0 Å². The van der Waals surface area contributed by atoms with Crippen molar-refractivity contribution in [3.8, 4) is 11.8 Å². The zero-order valence-corrected chi connectivity index (χ0v) is 16.8. The fourth-order valence-electron chi connectivity index (χ4n) is 4.10. The van der Waals surface area contributed by atoms with Crippen molar-refractivity contribution < 1.29 is 14.6 Å². The molecule has 8 nitrogen and oxygen atoms in total. The highest BCUT2D eigenvalue weighted by Gasteiger charge is 2.30. The molecule has 0 aliphatic carbocycles. The number of piperidine rings is 1. The lowest BCUT2D eigenvalue weighted by atomic mass is 10.1. The van der Waals surface area contributed by atoms with Crippen LogP contribution in [0.2, 0.25) is 0 Å². The molecule has 1 aromatic heterocycles. The minimum Gasteiger partial charge on any atom is -0.490 e. The molecule has 9 heteroatoms. The van der Waals surface area contributed by atoms with Crippen LogP contribution in [-0.4, -0.2) is 46.8 Å². The number of aromatic nitrogens is 1.